The zero-order chi connectivity index (χ0) is 20.6. The number of H-pyrrole nitrogens is 1. The van der Waals surface area contributed by atoms with Crippen molar-refractivity contribution < 1.29 is 45.4 Å². The van der Waals surface area contributed by atoms with E-state index in [1.807, 2.05) is 0 Å². The molecule has 12 heteroatoms. The molecule has 1 atom stereocenters. The van der Waals surface area contributed by atoms with Gasteiger partial charge >= 0.3 is 24.0 Å². The largest absolute Gasteiger partial charge is 0.480 e. The monoisotopic (exact) mass is 400 g/mol. The molecule has 1 aromatic heterocycles. The lowest BCUT2D eigenvalue weighted by molar-refractivity contribution is -0.344. The Kier molecular flexibility index (Phi) is 5.12. The standard InChI is InChI=1S/C15H11F7N2O3/c16-13(17,14(18,19)15(20,21)22)12(27)24-10(11(25)26)5-7-6-23-9-4-2-1-3-8(7)9/h1-4,6,10,23H,5H2,(H,24,27)(H,25,26)/t10-/m0/s1. The lowest BCUT2D eigenvalue weighted by Crippen LogP contribution is -2.61. The number of aromatic amines is 1. The first-order chi connectivity index (χ1) is 12.3. The summed E-state index contributed by atoms with van der Waals surface area (Å²) in [5, 5.41) is 10.6. The molecule has 0 unspecified atom stereocenters. The number of benzene rings is 1. The fourth-order valence-corrected chi connectivity index (χ4v) is 2.29. The maximum absolute atomic E-state index is 13.4. The van der Waals surface area contributed by atoms with E-state index < -0.39 is 42.4 Å². The van der Waals surface area contributed by atoms with Crippen molar-refractivity contribution in [2.45, 2.75) is 30.5 Å². The Hall–Kier alpha value is -2.79. The van der Waals surface area contributed by atoms with E-state index in [4.69, 9.17) is 5.11 Å². The number of carbonyl (C=O) groups is 2. The lowest BCUT2D eigenvalue weighted by Gasteiger charge is -2.28. The number of rotatable bonds is 6. The molecule has 0 bridgehead atoms. The molecule has 0 saturated heterocycles. The fourth-order valence-electron chi connectivity index (χ4n) is 2.29. The highest BCUT2D eigenvalue weighted by atomic mass is 19.4. The SMILES string of the molecule is O=C(O)[C@H](Cc1c[nH]c2ccccc12)NC(=O)C(F)(F)C(F)(F)C(F)(F)F. The summed E-state index contributed by atoms with van der Waals surface area (Å²) in [5.41, 5.74) is 0.765. The summed E-state index contributed by atoms with van der Waals surface area (Å²) in [7, 11) is 0. The van der Waals surface area contributed by atoms with Gasteiger partial charge in [0.2, 0.25) is 0 Å². The van der Waals surface area contributed by atoms with Gasteiger partial charge in [-0.1, -0.05) is 18.2 Å². The summed E-state index contributed by atoms with van der Waals surface area (Å²) in [6.45, 7) is 0. The number of carbonyl (C=O) groups excluding carboxylic acids is 1. The van der Waals surface area contributed by atoms with E-state index in [2.05, 4.69) is 4.98 Å². The molecule has 2 aromatic rings. The second-order valence-electron chi connectivity index (χ2n) is 5.57. The topological polar surface area (TPSA) is 82.2 Å². The molecule has 0 spiro atoms. The molecule has 0 radical (unpaired) electrons. The average Bonchev–Trinajstić information content (AvgIpc) is 2.96. The van der Waals surface area contributed by atoms with Crippen LogP contribution in [-0.2, 0) is 16.0 Å². The average molecular weight is 400 g/mol. The number of aliphatic carboxylic acids is 1. The maximum atomic E-state index is 13.4. The summed E-state index contributed by atoms with van der Waals surface area (Å²) < 4.78 is 89.0. The van der Waals surface area contributed by atoms with E-state index in [9.17, 15) is 40.3 Å². The van der Waals surface area contributed by atoms with E-state index in [1.165, 1.54) is 12.3 Å². The molecule has 2 rings (SSSR count). The minimum absolute atomic E-state index is 0.226. The van der Waals surface area contributed by atoms with Crippen molar-refractivity contribution >= 4 is 22.8 Å². The maximum Gasteiger partial charge on any atom is 0.460 e. The molecule has 27 heavy (non-hydrogen) atoms. The van der Waals surface area contributed by atoms with Crippen LogP contribution in [0.25, 0.3) is 10.9 Å². The molecule has 1 amide bonds. The molecule has 0 aliphatic heterocycles. The number of alkyl halides is 7. The van der Waals surface area contributed by atoms with Crippen LogP contribution in [0.4, 0.5) is 30.7 Å². The van der Waals surface area contributed by atoms with Crippen LogP contribution >= 0.6 is 0 Å². The van der Waals surface area contributed by atoms with E-state index in [1.54, 1.807) is 18.2 Å². The quantitative estimate of drug-likeness (QED) is 0.652. The molecule has 5 nitrogen and oxygen atoms in total. The van der Waals surface area contributed by atoms with Gasteiger partial charge in [-0.25, -0.2) is 4.79 Å². The molecule has 0 aliphatic rings. The van der Waals surface area contributed by atoms with Gasteiger partial charge in [0.05, 0.1) is 0 Å². The first-order valence-electron chi connectivity index (χ1n) is 7.20. The van der Waals surface area contributed by atoms with Crippen molar-refractivity contribution in [3.8, 4) is 0 Å². The van der Waals surface area contributed by atoms with Crippen LogP contribution in [0.5, 0.6) is 0 Å². The van der Waals surface area contributed by atoms with Crippen LogP contribution in [0.3, 0.4) is 0 Å². The lowest BCUT2D eigenvalue weighted by atomic mass is 10.0. The third-order valence-corrected chi connectivity index (χ3v) is 3.74. The number of nitrogens with one attached hydrogen (secondary N) is 2. The Morgan fingerprint density at radius 2 is 1.67 bits per heavy atom. The second-order valence-corrected chi connectivity index (χ2v) is 5.57. The Balaban J connectivity index is 2.26. The van der Waals surface area contributed by atoms with Crippen molar-refractivity contribution in [2.75, 3.05) is 0 Å². The first-order valence-corrected chi connectivity index (χ1v) is 7.20. The van der Waals surface area contributed by atoms with Gasteiger partial charge in [0, 0.05) is 23.5 Å². The highest BCUT2D eigenvalue weighted by Gasteiger charge is 2.76. The van der Waals surface area contributed by atoms with Crippen molar-refractivity contribution in [2.24, 2.45) is 0 Å². The van der Waals surface area contributed by atoms with Crippen molar-refractivity contribution in [3.63, 3.8) is 0 Å². The van der Waals surface area contributed by atoms with Gasteiger partial charge in [0.1, 0.15) is 6.04 Å². The highest BCUT2D eigenvalue weighted by molar-refractivity contribution is 5.90. The normalized spacial score (nSPS) is 14.2. The molecule has 0 aliphatic carbocycles. The van der Waals surface area contributed by atoms with Crippen molar-refractivity contribution in [1.82, 2.24) is 10.3 Å². The number of hydrogen-bond acceptors (Lipinski definition) is 2. The van der Waals surface area contributed by atoms with Crippen LogP contribution in [-0.4, -0.2) is 46.0 Å². The predicted molar refractivity (Wildman–Crippen MR) is 77.5 cm³/mol. The highest BCUT2D eigenvalue weighted by Crippen LogP contribution is 2.46. The number of carboxylic acid groups (broad SMARTS) is 1. The molecular formula is C15H11F7N2O3. The van der Waals surface area contributed by atoms with Gasteiger partial charge in [-0.05, 0) is 11.6 Å². The van der Waals surface area contributed by atoms with Gasteiger partial charge in [-0.2, -0.15) is 30.7 Å². The Morgan fingerprint density at radius 1 is 1.07 bits per heavy atom. The number of halogens is 7. The molecule has 0 saturated carbocycles. The van der Waals surface area contributed by atoms with Gasteiger partial charge in [0.25, 0.3) is 5.91 Å². The van der Waals surface area contributed by atoms with E-state index in [0.717, 1.165) is 5.32 Å². The number of aromatic nitrogens is 1. The Bertz CT molecular complexity index is 860. The zero-order valence-corrected chi connectivity index (χ0v) is 13.1. The number of carboxylic acids is 1. The summed E-state index contributed by atoms with van der Waals surface area (Å²) in [6.07, 6.45) is -6.03. The smallest absolute Gasteiger partial charge is 0.460 e. The molecule has 3 N–H and O–H groups in total. The summed E-state index contributed by atoms with van der Waals surface area (Å²) in [6, 6.07) is 4.19. The number of fused-ring (bicyclic) bond motifs is 1. The summed E-state index contributed by atoms with van der Waals surface area (Å²) in [5.74, 6) is -17.8. The third kappa shape index (κ3) is 3.69. The predicted octanol–water partition coefficient (Wildman–Crippen LogP) is 3.11. The molecule has 0 fully saturated rings. The number of hydrogen-bond donors (Lipinski definition) is 3. The van der Waals surface area contributed by atoms with Crippen LogP contribution < -0.4 is 5.32 Å². The van der Waals surface area contributed by atoms with Crippen LogP contribution in [0, 0.1) is 0 Å². The summed E-state index contributed by atoms with van der Waals surface area (Å²) >= 11 is 0. The Morgan fingerprint density at radius 3 is 2.22 bits per heavy atom. The molecule has 1 heterocycles. The van der Waals surface area contributed by atoms with Crippen LogP contribution in [0.2, 0.25) is 0 Å². The summed E-state index contributed by atoms with van der Waals surface area (Å²) in [4.78, 5) is 25.3. The molecule has 1 aromatic carbocycles. The van der Waals surface area contributed by atoms with E-state index >= 15 is 0 Å². The van der Waals surface area contributed by atoms with Gasteiger partial charge in [0.15, 0.2) is 0 Å². The number of amides is 1. The molecular weight excluding hydrogens is 389 g/mol. The second kappa shape index (κ2) is 6.74. The van der Waals surface area contributed by atoms with Gasteiger partial charge in [-0.15, -0.1) is 0 Å². The minimum Gasteiger partial charge on any atom is -0.480 e. The van der Waals surface area contributed by atoms with Crippen molar-refractivity contribution in [3.05, 3.63) is 36.0 Å². The first kappa shape index (κ1) is 20.5. The zero-order valence-electron chi connectivity index (χ0n) is 13.1. The minimum atomic E-state index is -6.70. The van der Waals surface area contributed by atoms with E-state index in [0.29, 0.717) is 10.9 Å². The number of para-hydroxylation sites is 1. The Labute approximate surface area is 146 Å². The van der Waals surface area contributed by atoms with Crippen molar-refractivity contribution in [1.29, 1.82) is 0 Å². The fraction of sp³-hybridized carbons (Fsp3) is 0.333. The van der Waals surface area contributed by atoms with E-state index in [-0.39, 0.29) is 5.56 Å². The van der Waals surface area contributed by atoms with Gasteiger partial charge < -0.3 is 15.4 Å². The van der Waals surface area contributed by atoms with Crippen LogP contribution in [0.15, 0.2) is 30.5 Å². The van der Waals surface area contributed by atoms with Crippen LogP contribution in [0.1, 0.15) is 5.56 Å². The third-order valence-electron chi connectivity index (χ3n) is 3.74. The van der Waals surface area contributed by atoms with Gasteiger partial charge in [-0.3, -0.25) is 4.79 Å². The molecule has 148 valence electrons.